The van der Waals surface area contributed by atoms with Crippen molar-refractivity contribution >= 4 is 17.5 Å². The van der Waals surface area contributed by atoms with Crippen LogP contribution >= 0.6 is 0 Å². The van der Waals surface area contributed by atoms with Crippen molar-refractivity contribution in [3.8, 4) is 0 Å². The fraction of sp³-hybridized carbons (Fsp3) is 0.630. The summed E-state index contributed by atoms with van der Waals surface area (Å²) in [5.41, 5.74) is 2.38. The van der Waals surface area contributed by atoms with Crippen molar-refractivity contribution in [2.45, 2.75) is 83.1 Å². The van der Waals surface area contributed by atoms with Gasteiger partial charge < -0.3 is 10.6 Å². The predicted octanol–water partition coefficient (Wildman–Crippen LogP) is 4.82. The van der Waals surface area contributed by atoms with E-state index >= 15 is 0 Å². The van der Waals surface area contributed by atoms with Crippen LogP contribution in [0.2, 0.25) is 0 Å². The lowest BCUT2D eigenvalue weighted by Crippen LogP contribution is -2.54. The van der Waals surface area contributed by atoms with Gasteiger partial charge in [0.25, 0.3) is 5.91 Å². The van der Waals surface area contributed by atoms with Crippen LogP contribution < -0.4 is 10.6 Å². The lowest BCUT2D eigenvalue weighted by atomic mass is 9.66. The molecule has 2 N–H and O–H groups in total. The van der Waals surface area contributed by atoms with Gasteiger partial charge in [-0.1, -0.05) is 45.4 Å². The van der Waals surface area contributed by atoms with Crippen LogP contribution in [0.25, 0.3) is 0 Å². The van der Waals surface area contributed by atoms with Crippen molar-refractivity contribution in [3.05, 3.63) is 42.0 Å². The summed E-state index contributed by atoms with van der Waals surface area (Å²) in [7, 11) is 1.75. The van der Waals surface area contributed by atoms with Gasteiger partial charge in [-0.05, 0) is 61.1 Å². The first-order chi connectivity index (χ1) is 16.4. The molecule has 2 aromatic rings. The highest BCUT2D eigenvalue weighted by Gasteiger charge is 2.54. The van der Waals surface area contributed by atoms with Gasteiger partial charge in [-0.15, -0.1) is 0 Å². The second kappa shape index (κ2) is 9.51. The van der Waals surface area contributed by atoms with Crippen LogP contribution in [-0.2, 0) is 11.8 Å². The Morgan fingerprint density at radius 2 is 1.82 bits per heavy atom. The van der Waals surface area contributed by atoms with Crippen molar-refractivity contribution in [1.82, 2.24) is 20.1 Å². The average Bonchev–Trinajstić information content (AvgIpc) is 3.41. The molecule has 182 valence electrons. The number of carbonyl (C=O) groups is 2. The Bertz CT molecular complexity index is 1020. The number of nitrogens with zero attached hydrogens (tertiary/aromatic N) is 3. The van der Waals surface area contributed by atoms with E-state index in [1.165, 1.54) is 38.5 Å². The molecule has 0 aromatic carbocycles. The Labute approximate surface area is 202 Å². The minimum Gasteiger partial charge on any atom is -0.339 e. The van der Waals surface area contributed by atoms with Crippen molar-refractivity contribution in [1.29, 1.82) is 0 Å². The zero-order chi connectivity index (χ0) is 23.7. The zero-order valence-electron chi connectivity index (χ0n) is 20.4. The third-order valence-corrected chi connectivity index (χ3v) is 8.56. The summed E-state index contributed by atoms with van der Waals surface area (Å²) in [5, 5.41) is 10.3. The number of anilines is 1. The van der Waals surface area contributed by atoms with Crippen molar-refractivity contribution in [3.63, 3.8) is 0 Å². The van der Waals surface area contributed by atoms with E-state index in [4.69, 9.17) is 0 Å². The van der Waals surface area contributed by atoms with Gasteiger partial charge in [0.2, 0.25) is 5.91 Å². The van der Waals surface area contributed by atoms with Crippen LogP contribution in [0, 0.1) is 17.3 Å². The Morgan fingerprint density at radius 1 is 1.06 bits per heavy atom. The van der Waals surface area contributed by atoms with Gasteiger partial charge in [-0.25, -0.2) is 0 Å². The number of hydrogen-bond donors (Lipinski definition) is 2. The van der Waals surface area contributed by atoms with Gasteiger partial charge in [0.05, 0.1) is 11.9 Å². The Kier molecular flexibility index (Phi) is 6.45. The number of carbonyl (C=O) groups excluding carboxylic acids is 2. The summed E-state index contributed by atoms with van der Waals surface area (Å²) in [6.07, 6.45) is 15.3. The van der Waals surface area contributed by atoms with Crippen LogP contribution in [0.15, 0.2) is 30.6 Å². The van der Waals surface area contributed by atoms with E-state index in [0.717, 1.165) is 31.4 Å². The molecule has 0 bridgehead atoms. The first kappa shape index (κ1) is 23.1. The van der Waals surface area contributed by atoms with Crippen LogP contribution in [0.3, 0.4) is 0 Å². The molecule has 2 amide bonds. The van der Waals surface area contributed by atoms with Crippen molar-refractivity contribution in [2.75, 3.05) is 5.32 Å². The fourth-order valence-corrected chi connectivity index (χ4v) is 6.04. The Hall–Kier alpha value is -2.70. The van der Waals surface area contributed by atoms with Gasteiger partial charge >= 0.3 is 0 Å². The summed E-state index contributed by atoms with van der Waals surface area (Å²) in [5.74, 6) is 0.740. The smallest absolute Gasteiger partial charge is 0.270 e. The highest BCUT2D eigenvalue weighted by molar-refractivity contribution is 6.00. The highest BCUT2D eigenvalue weighted by atomic mass is 16.2. The second-order valence-corrected chi connectivity index (χ2v) is 11.0. The molecule has 7 heteroatoms. The first-order valence-corrected chi connectivity index (χ1v) is 13.0. The van der Waals surface area contributed by atoms with E-state index in [2.05, 4.69) is 33.7 Å². The van der Waals surface area contributed by atoms with E-state index in [9.17, 15) is 9.59 Å². The average molecular weight is 464 g/mol. The van der Waals surface area contributed by atoms with Gasteiger partial charge in [0, 0.05) is 24.9 Å². The lowest BCUT2D eigenvalue weighted by molar-refractivity contribution is -0.121. The Balaban J connectivity index is 1.35. The monoisotopic (exact) mass is 463 g/mol. The summed E-state index contributed by atoms with van der Waals surface area (Å²) in [6.45, 7) is 2.27. The molecule has 0 radical (unpaired) electrons. The molecule has 0 saturated heterocycles. The lowest BCUT2D eigenvalue weighted by Gasteiger charge is -2.42. The molecule has 34 heavy (non-hydrogen) atoms. The van der Waals surface area contributed by atoms with E-state index in [1.807, 2.05) is 6.07 Å². The second-order valence-electron chi connectivity index (χ2n) is 11.0. The van der Waals surface area contributed by atoms with Crippen molar-refractivity contribution < 1.29 is 9.59 Å². The van der Waals surface area contributed by atoms with Crippen LogP contribution in [-0.4, -0.2) is 32.6 Å². The molecule has 3 saturated carbocycles. The van der Waals surface area contributed by atoms with Crippen molar-refractivity contribution in [2.24, 2.45) is 24.3 Å². The van der Waals surface area contributed by atoms with E-state index in [-0.39, 0.29) is 23.1 Å². The number of aryl methyl sites for hydroxylation is 1. The minimum atomic E-state index is -0.585. The number of hydrogen-bond acceptors (Lipinski definition) is 4. The summed E-state index contributed by atoms with van der Waals surface area (Å²) in [4.78, 5) is 31.5. The molecule has 3 aliphatic rings. The molecule has 2 heterocycles. The number of aromatic nitrogens is 3. The van der Waals surface area contributed by atoms with Crippen LogP contribution in [0.4, 0.5) is 5.69 Å². The summed E-state index contributed by atoms with van der Waals surface area (Å²) >= 11 is 0. The maximum absolute atomic E-state index is 13.7. The largest absolute Gasteiger partial charge is 0.339 e. The molecule has 5 rings (SSSR count). The van der Waals surface area contributed by atoms with Crippen LogP contribution in [0.5, 0.6) is 0 Å². The van der Waals surface area contributed by atoms with E-state index in [0.29, 0.717) is 23.2 Å². The molecule has 3 fully saturated rings. The number of pyridine rings is 1. The van der Waals surface area contributed by atoms with Gasteiger partial charge in [0.1, 0.15) is 11.7 Å². The fourth-order valence-electron chi connectivity index (χ4n) is 6.04. The normalized spacial score (nSPS) is 21.8. The Morgan fingerprint density at radius 3 is 2.38 bits per heavy atom. The predicted molar refractivity (Wildman–Crippen MR) is 131 cm³/mol. The van der Waals surface area contributed by atoms with Gasteiger partial charge in [0.15, 0.2) is 0 Å². The molecule has 3 aliphatic carbocycles. The number of nitrogens with one attached hydrogen (secondary N) is 2. The SMILES string of the molecule is Cn1nccc1C(=O)N[C@H](C(=O)Nc1ccc(C2CCCCC2)nc1)C(C1CCC1)C1(C)CC1. The minimum absolute atomic E-state index is 0.107. The van der Waals surface area contributed by atoms with Gasteiger partial charge in [-0.2, -0.15) is 5.10 Å². The number of rotatable bonds is 8. The van der Waals surface area contributed by atoms with Crippen LogP contribution in [0.1, 0.15) is 93.2 Å². The summed E-state index contributed by atoms with van der Waals surface area (Å²) in [6, 6.07) is 5.13. The maximum Gasteiger partial charge on any atom is 0.270 e. The quantitative estimate of drug-likeness (QED) is 0.588. The topological polar surface area (TPSA) is 88.9 Å². The molecule has 7 nitrogen and oxygen atoms in total. The zero-order valence-corrected chi connectivity index (χ0v) is 20.4. The third kappa shape index (κ3) is 4.75. The molecule has 1 unspecified atom stereocenters. The van der Waals surface area contributed by atoms with E-state index in [1.54, 1.807) is 30.2 Å². The molecule has 0 aliphatic heterocycles. The van der Waals surface area contributed by atoms with E-state index < -0.39 is 6.04 Å². The van der Waals surface area contributed by atoms with Gasteiger partial charge in [-0.3, -0.25) is 19.3 Å². The molecule has 2 atom stereocenters. The first-order valence-electron chi connectivity index (χ1n) is 13.0. The highest BCUT2D eigenvalue weighted by Crippen LogP contribution is 2.58. The maximum atomic E-state index is 13.7. The summed E-state index contributed by atoms with van der Waals surface area (Å²) < 4.78 is 1.55. The number of amides is 2. The molecule has 2 aromatic heterocycles. The third-order valence-electron chi connectivity index (χ3n) is 8.56. The molecular weight excluding hydrogens is 426 g/mol. The molecule has 0 spiro atoms. The standard InChI is InChI=1S/C27H37N5O2/c1-27(14-15-27)23(19-9-6-10-19)24(31-25(33)22-13-16-29-32(22)2)26(34)30-20-11-12-21(28-17-20)18-7-4-3-5-8-18/h11-13,16-19,23-24H,3-10,14-15H2,1-2H3,(H,30,34)(H,31,33)/t23?,24-/m0/s1. The molecular formula is C27H37N5O2.